The van der Waals surface area contributed by atoms with Crippen LogP contribution < -0.4 is 31.4 Å². The third-order valence-electron chi connectivity index (χ3n) is 10.8. The molecule has 0 N–H and O–H groups in total. The van der Waals surface area contributed by atoms with Crippen LogP contribution in [0.2, 0.25) is 0 Å². The van der Waals surface area contributed by atoms with Gasteiger partial charge in [0.25, 0.3) is 0 Å². The Morgan fingerprint density at radius 1 is 0.361 bits per heavy atom. The molecule has 27 heteroatoms. The van der Waals surface area contributed by atoms with E-state index in [1.54, 1.807) is 4.73 Å². The molecule has 1 heterocycles. The number of rotatable bonds is 8. The molecule has 0 aliphatic rings. The minimum atomic E-state index is -6.13. The standard InChI is InChI=1S/C32H12BF24.C13H16NO/c34-25(35,36)13-1-14(26(37,38)39)6-21(5-13)33(22-7-15(27(40,41)42)2-16(8-22)28(43,44)45,23-9-17(29(46,47)48)3-18(10-23)30(49,50)51)24-11-19(31(52,53)54)4-20(12-24)32(55,56)57;1-2-3-10-15-14-9-8-12-6-4-5-7-13(12)11-14/h1-12H;4-9,11H,2-3,10H2,1H3/q-1;+1. The molecule has 0 bridgehead atoms. The largest absolute Gasteiger partial charge is 0.416 e. The van der Waals surface area contributed by atoms with E-state index in [4.69, 9.17) is 4.84 Å². The summed E-state index contributed by atoms with van der Waals surface area (Å²) in [6.45, 7) is 2.94. The van der Waals surface area contributed by atoms with Crippen LogP contribution in [0.3, 0.4) is 0 Å². The minimum absolute atomic E-state index is 0.691. The minimum Gasteiger partial charge on any atom is -0.271 e. The van der Waals surface area contributed by atoms with Crippen molar-refractivity contribution in [2.24, 2.45) is 0 Å². The highest BCUT2D eigenvalue weighted by atomic mass is 19.4. The molecule has 1 aromatic heterocycles. The molecule has 390 valence electrons. The zero-order valence-corrected chi connectivity index (χ0v) is 35.6. The molecule has 0 radical (unpaired) electrons. The monoisotopic (exact) mass is 1070 g/mol. The first kappa shape index (κ1) is 56.6. The summed E-state index contributed by atoms with van der Waals surface area (Å²) in [4.78, 5) is 5.57. The highest BCUT2D eigenvalue weighted by Crippen LogP contribution is 2.41. The van der Waals surface area contributed by atoms with Crippen molar-refractivity contribution >= 4 is 38.8 Å². The van der Waals surface area contributed by atoms with Crippen molar-refractivity contribution in [3.63, 3.8) is 0 Å². The lowest BCUT2D eigenvalue weighted by molar-refractivity contribution is -0.890. The van der Waals surface area contributed by atoms with Crippen LogP contribution in [0.25, 0.3) is 10.8 Å². The second-order valence-corrected chi connectivity index (χ2v) is 15.8. The Kier molecular flexibility index (Phi) is 15.4. The van der Waals surface area contributed by atoms with Gasteiger partial charge in [0.2, 0.25) is 12.4 Å². The van der Waals surface area contributed by atoms with Crippen LogP contribution in [0.4, 0.5) is 105 Å². The zero-order valence-electron chi connectivity index (χ0n) is 35.6. The Hall–Kier alpha value is -6.31. The maximum Gasteiger partial charge on any atom is 0.416 e. The first-order valence-corrected chi connectivity index (χ1v) is 20.1. The van der Waals surface area contributed by atoms with Crippen LogP contribution in [0, 0.1) is 0 Å². The lowest BCUT2D eigenvalue weighted by atomic mass is 9.12. The van der Waals surface area contributed by atoms with Crippen LogP contribution >= 0.6 is 0 Å². The number of alkyl halides is 24. The van der Waals surface area contributed by atoms with Gasteiger partial charge in [0.15, 0.2) is 6.61 Å². The molecule has 0 saturated carbocycles. The van der Waals surface area contributed by atoms with E-state index in [9.17, 15) is 105 Å². The zero-order chi connectivity index (χ0) is 54.4. The Labute approximate surface area is 389 Å². The third kappa shape index (κ3) is 13.0. The summed E-state index contributed by atoms with van der Waals surface area (Å²) in [6, 6.07) is 1.54. The fourth-order valence-corrected chi connectivity index (χ4v) is 7.58. The Morgan fingerprint density at radius 3 is 0.847 bits per heavy atom. The van der Waals surface area contributed by atoms with Gasteiger partial charge in [-0.3, -0.25) is 4.84 Å². The number of hydrogen-bond acceptors (Lipinski definition) is 1. The number of nitrogens with zero attached hydrogens (tertiary/aromatic N) is 1. The van der Waals surface area contributed by atoms with Gasteiger partial charge >= 0.3 is 49.4 Å². The van der Waals surface area contributed by atoms with Crippen LogP contribution in [-0.2, 0) is 49.4 Å². The number of hydrogen-bond donors (Lipinski definition) is 0. The summed E-state index contributed by atoms with van der Waals surface area (Å²) >= 11 is 0. The predicted octanol–water partition coefficient (Wildman–Crippen LogP) is 13.6. The van der Waals surface area contributed by atoms with Gasteiger partial charge < -0.3 is 0 Å². The summed E-state index contributed by atoms with van der Waals surface area (Å²) in [5.41, 5.74) is -30.2. The van der Waals surface area contributed by atoms with Crippen molar-refractivity contribution in [1.29, 1.82) is 0 Å². The Bertz CT molecular complexity index is 2450. The topological polar surface area (TPSA) is 13.1 Å². The first-order valence-electron chi connectivity index (χ1n) is 20.1. The van der Waals surface area contributed by atoms with E-state index in [1.165, 1.54) is 10.8 Å². The molecule has 0 aliphatic heterocycles. The van der Waals surface area contributed by atoms with Gasteiger partial charge in [-0.1, -0.05) is 80.1 Å². The number of unbranched alkanes of at least 4 members (excludes halogenated alkanes) is 1. The molecule has 0 aliphatic carbocycles. The average molecular weight is 1070 g/mol. The average Bonchev–Trinajstić information content (AvgIpc) is 3.24. The Balaban J connectivity index is 0.000000542. The molecule has 6 rings (SSSR count). The van der Waals surface area contributed by atoms with E-state index in [0.29, 0.717) is 0 Å². The van der Waals surface area contributed by atoms with Gasteiger partial charge in [0.05, 0.1) is 49.9 Å². The van der Waals surface area contributed by atoms with Crippen molar-refractivity contribution < 1.29 is 115 Å². The molecule has 2 nitrogen and oxygen atoms in total. The summed E-state index contributed by atoms with van der Waals surface area (Å²) < 4.78 is 343. The van der Waals surface area contributed by atoms with E-state index in [-0.39, 0.29) is 0 Å². The van der Waals surface area contributed by atoms with Gasteiger partial charge in [-0.15, -0.1) is 0 Å². The van der Waals surface area contributed by atoms with Gasteiger partial charge in [-0.05, 0) is 42.1 Å². The second-order valence-electron chi connectivity index (χ2n) is 15.8. The number of fused-ring (bicyclic) bond motifs is 1. The molecule has 0 amide bonds. The van der Waals surface area contributed by atoms with Crippen LogP contribution in [0.5, 0.6) is 0 Å². The maximum absolute atomic E-state index is 14.2. The molecule has 0 unspecified atom stereocenters. The summed E-state index contributed by atoms with van der Waals surface area (Å²) in [5, 5.41) is 2.45. The van der Waals surface area contributed by atoms with Crippen molar-refractivity contribution in [3.8, 4) is 0 Å². The lowest BCUT2D eigenvalue weighted by Gasteiger charge is -2.46. The van der Waals surface area contributed by atoms with E-state index in [0.717, 1.165) is 19.4 Å². The molecular formula is C45H28BF24NO. The second kappa shape index (κ2) is 19.6. The molecule has 0 saturated heterocycles. The third-order valence-corrected chi connectivity index (χ3v) is 10.8. The number of pyridine rings is 1. The quantitative estimate of drug-likeness (QED) is 0.0641. The number of aromatic nitrogens is 1. The smallest absolute Gasteiger partial charge is 0.271 e. The Morgan fingerprint density at radius 2 is 0.611 bits per heavy atom. The van der Waals surface area contributed by atoms with Crippen molar-refractivity contribution in [3.05, 3.63) is 160 Å². The summed E-state index contributed by atoms with van der Waals surface area (Å²) in [5.74, 6) is 0. The lowest BCUT2D eigenvalue weighted by Crippen LogP contribution is -2.75. The molecule has 6 aromatic rings. The molecule has 0 fully saturated rings. The number of halogens is 24. The van der Waals surface area contributed by atoms with E-state index in [2.05, 4.69) is 25.1 Å². The van der Waals surface area contributed by atoms with Crippen molar-refractivity contribution in [2.75, 3.05) is 6.61 Å². The van der Waals surface area contributed by atoms with Crippen LogP contribution in [-0.4, -0.2) is 12.8 Å². The molecule has 5 aromatic carbocycles. The summed E-state index contributed by atoms with van der Waals surface area (Å²) in [7, 11) is 0. The van der Waals surface area contributed by atoms with Crippen LogP contribution in [0.1, 0.15) is 64.3 Å². The summed E-state index contributed by atoms with van der Waals surface area (Å²) in [6.07, 6.45) is -48.6. The van der Waals surface area contributed by atoms with Crippen molar-refractivity contribution in [1.82, 2.24) is 0 Å². The maximum atomic E-state index is 14.2. The highest BCUT2D eigenvalue weighted by Gasteiger charge is 2.47. The van der Waals surface area contributed by atoms with E-state index >= 15 is 0 Å². The van der Waals surface area contributed by atoms with Gasteiger partial charge in [0.1, 0.15) is 6.15 Å². The van der Waals surface area contributed by atoms with E-state index in [1.807, 2.05) is 24.5 Å². The SMILES string of the molecule is CCCCO[n+]1ccc2ccccc2c1.FC(F)(F)c1cc([B-](c2cc(C(F)(F)F)cc(C(F)(F)F)c2)(c2cc(C(F)(F)F)cc(C(F)(F)F)c2)c2cc(C(F)(F)F)cc(C(F)(F)F)c2)cc(C(F)(F)F)c1. The predicted molar refractivity (Wildman–Crippen MR) is 211 cm³/mol. The van der Waals surface area contributed by atoms with Gasteiger partial charge in [-0.2, -0.15) is 127 Å². The first-order chi connectivity index (χ1) is 32.7. The van der Waals surface area contributed by atoms with Gasteiger partial charge in [0, 0.05) is 10.8 Å². The van der Waals surface area contributed by atoms with Crippen molar-refractivity contribution in [2.45, 2.75) is 69.2 Å². The fraction of sp³-hybridized carbons (Fsp3) is 0.267. The molecule has 0 spiro atoms. The van der Waals surface area contributed by atoms with E-state index < -0.39 is 195 Å². The normalized spacial score (nSPS) is 13.5. The molecule has 72 heavy (non-hydrogen) atoms. The highest BCUT2D eigenvalue weighted by molar-refractivity contribution is 7.20. The molecule has 0 atom stereocenters. The molecular weight excluding hydrogens is 1040 g/mol. The van der Waals surface area contributed by atoms with Crippen LogP contribution in [0.15, 0.2) is 116 Å². The fourth-order valence-electron chi connectivity index (χ4n) is 7.58. The number of benzene rings is 5. The van der Waals surface area contributed by atoms with Gasteiger partial charge in [-0.25, -0.2) is 0 Å².